The molecule has 0 radical (unpaired) electrons. The average Bonchev–Trinajstić information content (AvgIpc) is 2.87. The van der Waals surface area contributed by atoms with Gasteiger partial charge in [-0.15, -0.1) is 0 Å². The van der Waals surface area contributed by atoms with Gasteiger partial charge in [-0.2, -0.15) is 0 Å². The second kappa shape index (κ2) is 9.47. The van der Waals surface area contributed by atoms with E-state index in [1.54, 1.807) is 42.2 Å². The van der Waals surface area contributed by atoms with Crippen molar-refractivity contribution in [2.75, 3.05) is 6.54 Å². The zero-order valence-electron chi connectivity index (χ0n) is 14.5. The van der Waals surface area contributed by atoms with Gasteiger partial charge in [0.05, 0.1) is 4.91 Å². The Morgan fingerprint density at radius 2 is 1.96 bits per heavy atom. The van der Waals surface area contributed by atoms with E-state index >= 15 is 0 Å². The summed E-state index contributed by atoms with van der Waals surface area (Å²) in [7, 11) is 0. The molecule has 5 nitrogen and oxygen atoms in total. The fourth-order valence-corrected chi connectivity index (χ4v) is 3.81. The molecule has 2 rings (SSSR count). The molecule has 1 aliphatic heterocycles. The number of alkyl halides is 3. The average molecular weight is 468 g/mol. The van der Waals surface area contributed by atoms with E-state index in [4.69, 9.17) is 51.8 Å². The van der Waals surface area contributed by atoms with Gasteiger partial charge >= 0.3 is 0 Å². The highest BCUT2D eigenvalue weighted by Gasteiger charge is 2.36. The molecule has 0 spiro atoms. The highest BCUT2D eigenvalue weighted by molar-refractivity contribution is 8.26. The minimum absolute atomic E-state index is 0.105. The maximum Gasteiger partial charge on any atom is 0.266 e. The first-order valence-corrected chi connectivity index (χ1v) is 10.4. The van der Waals surface area contributed by atoms with E-state index in [9.17, 15) is 9.59 Å². The van der Waals surface area contributed by atoms with Gasteiger partial charge in [0.2, 0.25) is 15.9 Å². The number of thioether (sulfide) groups is 1. The standard InChI is InChI=1S/C17H17Cl3N2O3S2/c1-3-13(23)21-15(17(18,19)20)25-11-7-5-10(6-8-11)9-12-14(24)22(4-2)16(26)27-12/h5-9,15H,3-4H2,1-2H3,(H,21,23)/b12-9-/t15-/m0/s1. The van der Waals surface area contributed by atoms with Crippen LogP contribution in [0.5, 0.6) is 5.75 Å². The Kier molecular flexibility index (Phi) is 7.83. The first kappa shape index (κ1) is 22.3. The number of carbonyl (C=O) groups is 2. The number of hydrogen-bond acceptors (Lipinski definition) is 5. The molecule has 10 heteroatoms. The maximum atomic E-state index is 12.2. The van der Waals surface area contributed by atoms with E-state index in [-0.39, 0.29) is 18.2 Å². The van der Waals surface area contributed by atoms with E-state index in [1.165, 1.54) is 11.8 Å². The van der Waals surface area contributed by atoms with E-state index in [0.717, 1.165) is 5.56 Å². The van der Waals surface area contributed by atoms with Crippen LogP contribution in [0.3, 0.4) is 0 Å². The number of nitrogens with one attached hydrogen (secondary N) is 1. The predicted octanol–water partition coefficient (Wildman–Crippen LogP) is 4.51. The number of rotatable bonds is 6. The molecule has 1 aromatic rings. The first-order chi connectivity index (χ1) is 12.7. The van der Waals surface area contributed by atoms with Crippen LogP contribution in [0.4, 0.5) is 0 Å². The number of hydrogen-bond donors (Lipinski definition) is 1. The minimum atomic E-state index is -1.84. The van der Waals surface area contributed by atoms with Crippen molar-refractivity contribution < 1.29 is 14.3 Å². The van der Waals surface area contributed by atoms with Crippen LogP contribution in [0.25, 0.3) is 6.08 Å². The van der Waals surface area contributed by atoms with Gasteiger partial charge in [-0.05, 0) is 30.7 Å². The summed E-state index contributed by atoms with van der Waals surface area (Å²) in [5.41, 5.74) is 0.794. The summed E-state index contributed by atoms with van der Waals surface area (Å²) in [6.45, 7) is 4.09. The van der Waals surface area contributed by atoms with Crippen molar-refractivity contribution in [1.82, 2.24) is 10.2 Å². The molecular formula is C17H17Cl3N2O3S2. The van der Waals surface area contributed by atoms with Gasteiger partial charge in [-0.3, -0.25) is 14.5 Å². The molecule has 0 aromatic heterocycles. The summed E-state index contributed by atoms with van der Waals surface area (Å²) in [5, 5.41) is 2.51. The largest absolute Gasteiger partial charge is 0.466 e. The molecule has 1 heterocycles. The van der Waals surface area contributed by atoms with Gasteiger partial charge < -0.3 is 10.1 Å². The van der Waals surface area contributed by atoms with Crippen molar-refractivity contribution >= 4 is 81.0 Å². The third kappa shape index (κ3) is 5.99. The summed E-state index contributed by atoms with van der Waals surface area (Å²) >= 11 is 24.1. The smallest absolute Gasteiger partial charge is 0.266 e. The minimum Gasteiger partial charge on any atom is -0.466 e. The van der Waals surface area contributed by atoms with Crippen LogP contribution >= 0.6 is 58.8 Å². The zero-order valence-corrected chi connectivity index (χ0v) is 18.4. The SMILES string of the molecule is CCC(=O)N[C@@H](Oc1ccc(/C=C2\SC(=S)N(CC)C2=O)cc1)C(Cl)(Cl)Cl. The molecule has 1 N–H and O–H groups in total. The van der Waals surface area contributed by atoms with E-state index in [2.05, 4.69) is 5.32 Å². The van der Waals surface area contributed by atoms with Crippen molar-refractivity contribution in [2.24, 2.45) is 0 Å². The Balaban J connectivity index is 2.12. The molecule has 0 saturated carbocycles. The second-order valence-electron chi connectivity index (χ2n) is 5.46. The lowest BCUT2D eigenvalue weighted by Gasteiger charge is -2.26. The number of likely N-dealkylation sites (N-methyl/N-ethyl adjacent to an activating group) is 1. The van der Waals surface area contributed by atoms with Crippen LogP contribution in [0.2, 0.25) is 0 Å². The predicted molar refractivity (Wildman–Crippen MR) is 115 cm³/mol. The highest BCUT2D eigenvalue weighted by atomic mass is 35.6. The molecular weight excluding hydrogens is 451 g/mol. The van der Waals surface area contributed by atoms with Gasteiger partial charge in [0.25, 0.3) is 5.91 Å². The Hall–Kier alpha value is -0.990. The highest BCUT2D eigenvalue weighted by Crippen LogP contribution is 2.34. The van der Waals surface area contributed by atoms with Crippen molar-refractivity contribution in [2.45, 2.75) is 30.3 Å². The molecule has 146 valence electrons. The van der Waals surface area contributed by atoms with Crippen LogP contribution in [0, 0.1) is 0 Å². The van der Waals surface area contributed by atoms with Gasteiger partial charge in [-0.25, -0.2) is 0 Å². The van der Waals surface area contributed by atoms with E-state index in [0.29, 0.717) is 21.5 Å². The Morgan fingerprint density at radius 1 is 1.33 bits per heavy atom. The zero-order chi connectivity index (χ0) is 20.2. The van der Waals surface area contributed by atoms with Gasteiger partial charge in [0.15, 0.2) is 0 Å². The lowest BCUT2D eigenvalue weighted by molar-refractivity contribution is -0.123. The molecule has 0 aliphatic carbocycles. The fourth-order valence-electron chi connectivity index (χ4n) is 2.13. The number of benzene rings is 1. The molecule has 1 aliphatic rings. The quantitative estimate of drug-likeness (QED) is 0.289. The third-order valence-corrected chi connectivity index (χ3v) is 5.50. The van der Waals surface area contributed by atoms with Crippen LogP contribution in [0.15, 0.2) is 29.2 Å². The summed E-state index contributed by atoms with van der Waals surface area (Å²) in [5.74, 6) is -0.00625. The molecule has 1 fully saturated rings. The lowest BCUT2D eigenvalue weighted by atomic mass is 10.2. The lowest BCUT2D eigenvalue weighted by Crippen LogP contribution is -2.47. The van der Waals surface area contributed by atoms with Crippen LogP contribution in [0.1, 0.15) is 25.8 Å². The van der Waals surface area contributed by atoms with Crippen molar-refractivity contribution in [3.63, 3.8) is 0 Å². The number of amides is 2. The summed E-state index contributed by atoms with van der Waals surface area (Å²) in [4.78, 5) is 25.9. The fraction of sp³-hybridized carbons (Fsp3) is 0.353. The number of carbonyl (C=O) groups excluding carboxylic acids is 2. The third-order valence-electron chi connectivity index (χ3n) is 3.53. The van der Waals surface area contributed by atoms with Crippen LogP contribution < -0.4 is 10.1 Å². The molecule has 0 unspecified atom stereocenters. The number of nitrogens with zero attached hydrogens (tertiary/aromatic N) is 1. The summed E-state index contributed by atoms with van der Waals surface area (Å²) in [6, 6.07) is 6.83. The summed E-state index contributed by atoms with van der Waals surface area (Å²) < 4.78 is 4.31. The van der Waals surface area contributed by atoms with E-state index in [1.807, 2.05) is 6.92 Å². The van der Waals surface area contributed by atoms with Gasteiger partial charge in [0.1, 0.15) is 10.1 Å². The van der Waals surface area contributed by atoms with Crippen molar-refractivity contribution in [1.29, 1.82) is 0 Å². The molecule has 1 saturated heterocycles. The molecule has 1 atom stereocenters. The Labute approximate surface area is 182 Å². The second-order valence-corrected chi connectivity index (χ2v) is 9.50. The number of ether oxygens (including phenoxy) is 1. The first-order valence-electron chi connectivity index (χ1n) is 8.03. The van der Waals surface area contributed by atoms with Gasteiger partial charge in [0, 0.05) is 13.0 Å². The molecule has 27 heavy (non-hydrogen) atoms. The molecule has 0 bridgehead atoms. The summed E-state index contributed by atoms with van der Waals surface area (Å²) in [6.07, 6.45) is 0.848. The van der Waals surface area contributed by atoms with Crippen LogP contribution in [-0.4, -0.2) is 37.6 Å². The van der Waals surface area contributed by atoms with Crippen LogP contribution in [-0.2, 0) is 9.59 Å². The van der Waals surface area contributed by atoms with Crippen molar-refractivity contribution in [3.05, 3.63) is 34.7 Å². The number of halogens is 3. The number of thiocarbonyl (C=S) groups is 1. The van der Waals surface area contributed by atoms with Crippen molar-refractivity contribution in [3.8, 4) is 5.75 Å². The molecule has 2 amide bonds. The Bertz CT molecular complexity index is 764. The molecule has 1 aromatic carbocycles. The Morgan fingerprint density at radius 3 is 2.44 bits per heavy atom. The van der Waals surface area contributed by atoms with Gasteiger partial charge in [-0.1, -0.05) is 77.8 Å². The monoisotopic (exact) mass is 466 g/mol. The maximum absolute atomic E-state index is 12.2. The normalized spacial score (nSPS) is 17.4. The topological polar surface area (TPSA) is 58.6 Å². The van der Waals surface area contributed by atoms with E-state index < -0.39 is 10.0 Å².